The smallest absolute Gasteiger partial charge is 0.181 e. The molecule has 86 valence electrons. The van der Waals surface area contributed by atoms with Gasteiger partial charge in [0.15, 0.2) is 5.78 Å². The minimum absolute atomic E-state index is 0.150. The van der Waals surface area contributed by atoms with Gasteiger partial charge >= 0.3 is 0 Å². The second kappa shape index (κ2) is 5.44. The maximum atomic E-state index is 11.6. The van der Waals surface area contributed by atoms with Gasteiger partial charge in [-0.1, -0.05) is 54.1 Å². The van der Waals surface area contributed by atoms with E-state index in [1.165, 1.54) is 5.56 Å². The summed E-state index contributed by atoms with van der Waals surface area (Å²) in [6.07, 6.45) is 9.53. The molecule has 0 amide bonds. The lowest BCUT2D eigenvalue weighted by Gasteiger charge is -2.07. The van der Waals surface area contributed by atoms with Gasteiger partial charge in [0.25, 0.3) is 0 Å². The zero-order chi connectivity index (χ0) is 12.1. The number of allylic oxidation sites excluding steroid dienone is 5. The van der Waals surface area contributed by atoms with E-state index < -0.39 is 0 Å². The Bertz CT molecular complexity index is 490. The molecule has 1 aliphatic rings. The number of carbonyl (C=O) groups excluding carboxylic acids is 1. The summed E-state index contributed by atoms with van der Waals surface area (Å²) in [7, 11) is 0. The number of rotatable bonds is 2. The molecule has 0 radical (unpaired) electrons. The average molecular weight is 224 g/mol. The molecule has 1 aromatic carbocycles. The third-order valence-corrected chi connectivity index (χ3v) is 2.76. The maximum Gasteiger partial charge on any atom is 0.181 e. The molecule has 1 nitrogen and oxygen atoms in total. The highest BCUT2D eigenvalue weighted by Gasteiger charge is 2.09. The van der Waals surface area contributed by atoms with Crippen LogP contribution in [0.1, 0.15) is 25.3 Å². The van der Waals surface area contributed by atoms with Crippen molar-refractivity contribution in [2.75, 3.05) is 0 Å². The van der Waals surface area contributed by atoms with Crippen LogP contribution in [0.2, 0.25) is 0 Å². The van der Waals surface area contributed by atoms with Gasteiger partial charge in [-0.3, -0.25) is 4.79 Å². The van der Waals surface area contributed by atoms with Crippen LogP contribution >= 0.6 is 0 Å². The van der Waals surface area contributed by atoms with Gasteiger partial charge in [0.05, 0.1) is 0 Å². The highest BCUT2D eigenvalue weighted by molar-refractivity contribution is 6.05. The molecule has 0 fully saturated rings. The standard InChI is InChI=1S/C16H16O/c1-13(11-14-7-3-2-4-8-14)12-15-9-5-6-10-16(15)17/h2-4,6-8,10-12H,5,9H2,1H3/b13-11+,15-12+. The van der Waals surface area contributed by atoms with E-state index in [4.69, 9.17) is 0 Å². The van der Waals surface area contributed by atoms with E-state index in [1.54, 1.807) is 6.08 Å². The van der Waals surface area contributed by atoms with Crippen molar-refractivity contribution in [3.8, 4) is 0 Å². The zero-order valence-electron chi connectivity index (χ0n) is 10.0. The Morgan fingerprint density at radius 3 is 2.71 bits per heavy atom. The van der Waals surface area contributed by atoms with Gasteiger partial charge in [0, 0.05) is 0 Å². The second-order valence-corrected chi connectivity index (χ2v) is 4.27. The van der Waals surface area contributed by atoms with E-state index in [0.29, 0.717) is 0 Å². The number of carbonyl (C=O) groups is 1. The number of ketones is 1. The quantitative estimate of drug-likeness (QED) is 0.695. The van der Waals surface area contributed by atoms with Crippen LogP contribution in [0, 0.1) is 0 Å². The monoisotopic (exact) mass is 224 g/mol. The molecule has 0 aromatic heterocycles. The van der Waals surface area contributed by atoms with Gasteiger partial charge < -0.3 is 0 Å². The van der Waals surface area contributed by atoms with E-state index in [9.17, 15) is 4.79 Å². The van der Waals surface area contributed by atoms with Gasteiger partial charge in [-0.05, 0) is 37.0 Å². The van der Waals surface area contributed by atoms with Gasteiger partial charge in [0.1, 0.15) is 0 Å². The molecule has 0 unspecified atom stereocenters. The number of hydrogen-bond donors (Lipinski definition) is 0. The predicted octanol–water partition coefficient (Wildman–Crippen LogP) is 3.94. The van der Waals surface area contributed by atoms with Crippen LogP contribution in [0.4, 0.5) is 0 Å². The van der Waals surface area contributed by atoms with Crippen molar-refractivity contribution in [2.45, 2.75) is 19.8 Å². The largest absolute Gasteiger partial charge is 0.290 e. The Labute approximate surface area is 102 Å². The summed E-state index contributed by atoms with van der Waals surface area (Å²) in [5.74, 6) is 0.150. The van der Waals surface area contributed by atoms with Crippen molar-refractivity contribution in [1.29, 1.82) is 0 Å². The minimum Gasteiger partial charge on any atom is -0.290 e. The average Bonchev–Trinajstić information content (AvgIpc) is 2.33. The van der Waals surface area contributed by atoms with Crippen molar-refractivity contribution in [3.63, 3.8) is 0 Å². The van der Waals surface area contributed by atoms with E-state index in [0.717, 1.165) is 24.0 Å². The van der Waals surface area contributed by atoms with E-state index in [-0.39, 0.29) is 5.78 Å². The predicted molar refractivity (Wildman–Crippen MR) is 71.6 cm³/mol. The van der Waals surface area contributed by atoms with Crippen LogP contribution in [-0.2, 0) is 4.79 Å². The van der Waals surface area contributed by atoms with Crippen molar-refractivity contribution < 1.29 is 4.79 Å². The molecule has 1 aliphatic carbocycles. The Kier molecular flexibility index (Phi) is 3.71. The summed E-state index contributed by atoms with van der Waals surface area (Å²) in [5, 5.41) is 0. The molecular weight excluding hydrogens is 208 g/mol. The van der Waals surface area contributed by atoms with Crippen LogP contribution in [0.25, 0.3) is 6.08 Å². The molecule has 1 heteroatoms. The Balaban J connectivity index is 2.19. The molecule has 2 rings (SSSR count). The third-order valence-electron chi connectivity index (χ3n) is 2.76. The summed E-state index contributed by atoms with van der Waals surface area (Å²) >= 11 is 0. The number of hydrogen-bond acceptors (Lipinski definition) is 1. The lowest BCUT2D eigenvalue weighted by Crippen LogP contribution is -2.02. The summed E-state index contributed by atoms with van der Waals surface area (Å²) in [6.45, 7) is 2.03. The lowest BCUT2D eigenvalue weighted by atomic mass is 9.97. The fraction of sp³-hybridized carbons (Fsp3) is 0.188. The fourth-order valence-corrected chi connectivity index (χ4v) is 1.93. The van der Waals surface area contributed by atoms with Gasteiger partial charge in [-0.2, -0.15) is 0 Å². The van der Waals surface area contributed by atoms with Crippen molar-refractivity contribution in [2.24, 2.45) is 0 Å². The lowest BCUT2D eigenvalue weighted by molar-refractivity contribution is -0.111. The molecule has 0 N–H and O–H groups in total. The molecule has 0 heterocycles. The third kappa shape index (κ3) is 3.28. The summed E-state index contributed by atoms with van der Waals surface area (Å²) in [4.78, 5) is 11.6. The fourth-order valence-electron chi connectivity index (χ4n) is 1.93. The first kappa shape index (κ1) is 11.6. The van der Waals surface area contributed by atoms with Crippen LogP contribution in [0.15, 0.2) is 59.7 Å². The first-order valence-electron chi connectivity index (χ1n) is 5.90. The first-order chi connectivity index (χ1) is 8.25. The SMILES string of the molecule is CC(=C\c1ccccc1)/C=C1\CCC=CC1=O. The Hall–Kier alpha value is -1.89. The molecule has 0 saturated heterocycles. The molecule has 0 atom stereocenters. The molecule has 0 bridgehead atoms. The summed E-state index contributed by atoms with van der Waals surface area (Å²) < 4.78 is 0. The molecule has 0 aliphatic heterocycles. The van der Waals surface area contributed by atoms with Crippen molar-refractivity contribution in [1.82, 2.24) is 0 Å². The summed E-state index contributed by atoms with van der Waals surface area (Å²) in [6, 6.07) is 10.2. The molecule has 1 aromatic rings. The van der Waals surface area contributed by atoms with Crippen LogP contribution in [0.5, 0.6) is 0 Å². The minimum atomic E-state index is 0.150. The van der Waals surface area contributed by atoms with Gasteiger partial charge in [-0.15, -0.1) is 0 Å². The molecule has 17 heavy (non-hydrogen) atoms. The molecule has 0 saturated carbocycles. The number of benzene rings is 1. The normalized spacial score (nSPS) is 18.8. The first-order valence-corrected chi connectivity index (χ1v) is 5.90. The van der Waals surface area contributed by atoms with E-state index in [1.807, 2.05) is 37.3 Å². The Morgan fingerprint density at radius 2 is 2.00 bits per heavy atom. The van der Waals surface area contributed by atoms with Crippen LogP contribution in [-0.4, -0.2) is 5.78 Å². The Morgan fingerprint density at radius 1 is 1.24 bits per heavy atom. The summed E-state index contributed by atoms with van der Waals surface area (Å²) in [5.41, 5.74) is 3.20. The van der Waals surface area contributed by atoms with Crippen molar-refractivity contribution >= 4 is 11.9 Å². The topological polar surface area (TPSA) is 17.1 Å². The van der Waals surface area contributed by atoms with Gasteiger partial charge in [-0.25, -0.2) is 0 Å². The van der Waals surface area contributed by atoms with Crippen LogP contribution in [0.3, 0.4) is 0 Å². The van der Waals surface area contributed by atoms with E-state index in [2.05, 4.69) is 18.2 Å². The van der Waals surface area contributed by atoms with E-state index >= 15 is 0 Å². The zero-order valence-corrected chi connectivity index (χ0v) is 10.0. The highest BCUT2D eigenvalue weighted by atomic mass is 16.1. The highest BCUT2D eigenvalue weighted by Crippen LogP contribution is 2.17. The maximum absolute atomic E-state index is 11.6. The van der Waals surface area contributed by atoms with Gasteiger partial charge in [0.2, 0.25) is 0 Å². The van der Waals surface area contributed by atoms with Crippen molar-refractivity contribution in [3.05, 3.63) is 65.3 Å². The molecular formula is C16H16O. The van der Waals surface area contributed by atoms with Crippen LogP contribution < -0.4 is 0 Å². The second-order valence-electron chi connectivity index (χ2n) is 4.27. The molecule has 0 spiro atoms.